The molecule has 0 fully saturated rings. The van der Waals surface area contributed by atoms with E-state index in [0.29, 0.717) is 11.3 Å². The van der Waals surface area contributed by atoms with E-state index in [-0.39, 0.29) is 24.2 Å². The molecule has 0 bridgehead atoms. The lowest BCUT2D eigenvalue weighted by Crippen LogP contribution is -2.28. The Hall–Kier alpha value is -3.09. The van der Waals surface area contributed by atoms with Gasteiger partial charge in [-0.1, -0.05) is 11.2 Å². The highest BCUT2D eigenvalue weighted by molar-refractivity contribution is 5.94. The van der Waals surface area contributed by atoms with Gasteiger partial charge < -0.3 is 14.6 Å². The van der Waals surface area contributed by atoms with Crippen LogP contribution in [0.4, 0.5) is 0 Å². The van der Waals surface area contributed by atoms with Gasteiger partial charge >= 0.3 is 0 Å². The summed E-state index contributed by atoms with van der Waals surface area (Å²) in [5.41, 5.74) is 4.97. The summed E-state index contributed by atoms with van der Waals surface area (Å²) in [6.45, 7) is 9.86. The van der Waals surface area contributed by atoms with Crippen LogP contribution in [0.25, 0.3) is 0 Å². The number of hydrogen-bond acceptors (Lipinski definition) is 5. The van der Waals surface area contributed by atoms with Crippen molar-refractivity contribution in [2.75, 3.05) is 0 Å². The van der Waals surface area contributed by atoms with E-state index in [1.54, 1.807) is 11.6 Å². The van der Waals surface area contributed by atoms with Crippen LogP contribution in [0.15, 0.2) is 28.9 Å². The second-order valence-electron chi connectivity index (χ2n) is 7.22. The SMILES string of the molecule is Cc1cc(C)cc(OCc2c(C(=O)NC(C)c3cn(C)nc3C)noc2C)c1. The van der Waals surface area contributed by atoms with E-state index in [0.717, 1.165) is 28.1 Å². The van der Waals surface area contributed by atoms with Gasteiger partial charge in [-0.3, -0.25) is 9.48 Å². The quantitative estimate of drug-likeness (QED) is 0.703. The van der Waals surface area contributed by atoms with E-state index in [1.165, 1.54) is 0 Å². The first kappa shape index (κ1) is 19.7. The first-order valence-corrected chi connectivity index (χ1v) is 9.22. The number of aryl methyl sites for hydroxylation is 5. The van der Waals surface area contributed by atoms with Gasteiger partial charge in [0.2, 0.25) is 0 Å². The summed E-state index contributed by atoms with van der Waals surface area (Å²) in [6.07, 6.45) is 1.90. The minimum atomic E-state index is -0.299. The first-order valence-electron chi connectivity index (χ1n) is 9.22. The Morgan fingerprint density at radius 2 is 1.89 bits per heavy atom. The van der Waals surface area contributed by atoms with Gasteiger partial charge in [0.05, 0.1) is 17.3 Å². The molecule has 1 atom stereocenters. The minimum Gasteiger partial charge on any atom is -0.489 e. The highest BCUT2D eigenvalue weighted by Gasteiger charge is 2.23. The van der Waals surface area contributed by atoms with Gasteiger partial charge in [0.25, 0.3) is 5.91 Å². The second-order valence-corrected chi connectivity index (χ2v) is 7.22. The number of carbonyl (C=O) groups excluding carboxylic acids is 1. The summed E-state index contributed by atoms with van der Waals surface area (Å²) in [5.74, 6) is 1.02. The van der Waals surface area contributed by atoms with E-state index in [2.05, 4.69) is 21.6 Å². The molecule has 1 unspecified atom stereocenters. The molecular formula is C21H26N4O3. The number of amides is 1. The van der Waals surface area contributed by atoms with Gasteiger partial charge in [-0.2, -0.15) is 5.10 Å². The van der Waals surface area contributed by atoms with Crippen molar-refractivity contribution >= 4 is 5.91 Å². The van der Waals surface area contributed by atoms with Crippen LogP contribution in [0.2, 0.25) is 0 Å². The van der Waals surface area contributed by atoms with Crippen LogP contribution >= 0.6 is 0 Å². The molecule has 148 valence electrons. The molecule has 0 aliphatic rings. The van der Waals surface area contributed by atoms with Gasteiger partial charge in [0, 0.05) is 18.8 Å². The van der Waals surface area contributed by atoms with Crippen LogP contribution in [0.3, 0.4) is 0 Å². The summed E-state index contributed by atoms with van der Waals surface area (Å²) in [7, 11) is 1.86. The van der Waals surface area contributed by atoms with Crippen molar-refractivity contribution in [3.05, 3.63) is 63.8 Å². The van der Waals surface area contributed by atoms with Crippen molar-refractivity contribution < 1.29 is 14.1 Å². The predicted molar refractivity (Wildman–Crippen MR) is 105 cm³/mol. The Morgan fingerprint density at radius 3 is 2.50 bits per heavy atom. The van der Waals surface area contributed by atoms with Gasteiger partial charge in [-0.25, -0.2) is 0 Å². The number of nitrogens with zero attached hydrogens (tertiary/aromatic N) is 3. The minimum absolute atomic E-state index is 0.202. The smallest absolute Gasteiger partial charge is 0.274 e. The zero-order chi connectivity index (χ0) is 20.4. The van der Waals surface area contributed by atoms with Crippen molar-refractivity contribution in [1.29, 1.82) is 0 Å². The van der Waals surface area contributed by atoms with Gasteiger partial charge in [-0.15, -0.1) is 0 Å². The summed E-state index contributed by atoms with van der Waals surface area (Å²) >= 11 is 0. The Balaban J connectivity index is 1.74. The van der Waals surface area contributed by atoms with Crippen molar-refractivity contribution in [2.45, 2.75) is 47.3 Å². The van der Waals surface area contributed by atoms with E-state index >= 15 is 0 Å². The number of benzene rings is 1. The molecule has 1 amide bonds. The average Bonchev–Trinajstić information content (AvgIpc) is 3.13. The van der Waals surface area contributed by atoms with Crippen LogP contribution in [-0.2, 0) is 13.7 Å². The van der Waals surface area contributed by atoms with Crippen molar-refractivity contribution in [3.8, 4) is 5.75 Å². The Morgan fingerprint density at radius 1 is 1.21 bits per heavy atom. The Kier molecular flexibility index (Phi) is 5.53. The summed E-state index contributed by atoms with van der Waals surface area (Å²) in [5, 5.41) is 11.2. The van der Waals surface area contributed by atoms with Crippen LogP contribution in [0, 0.1) is 27.7 Å². The summed E-state index contributed by atoms with van der Waals surface area (Å²) in [4.78, 5) is 12.8. The monoisotopic (exact) mass is 382 g/mol. The fraction of sp³-hybridized carbons (Fsp3) is 0.381. The highest BCUT2D eigenvalue weighted by atomic mass is 16.5. The molecule has 3 aromatic rings. The number of nitrogens with one attached hydrogen (secondary N) is 1. The molecule has 0 radical (unpaired) electrons. The number of aromatic nitrogens is 3. The number of rotatable bonds is 6. The molecule has 1 N–H and O–H groups in total. The molecule has 7 heteroatoms. The third kappa shape index (κ3) is 4.24. The fourth-order valence-electron chi connectivity index (χ4n) is 3.30. The van der Waals surface area contributed by atoms with Crippen molar-refractivity contribution in [2.24, 2.45) is 7.05 Å². The van der Waals surface area contributed by atoms with Crippen LogP contribution < -0.4 is 10.1 Å². The van der Waals surface area contributed by atoms with Crippen molar-refractivity contribution in [1.82, 2.24) is 20.3 Å². The molecule has 3 rings (SSSR count). The maximum Gasteiger partial charge on any atom is 0.274 e. The number of ether oxygens (including phenoxy) is 1. The Labute approximate surface area is 164 Å². The molecular weight excluding hydrogens is 356 g/mol. The van der Waals surface area contributed by atoms with E-state index in [9.17, 15) is 4.79 Å². The topological polar surface area (TPSA) is 82.2 Å². The number of carbonyl (C=O) groups is 1. The zero-order valence-corrected chi connectivity index (χ0v) is 17.2. The Bertz CT molecular complexity index is 983. The molecule has 0 aliphatic heterocycles. The molecule has 2 heterocycles. The average molecular weight is 382 g/mol. The second kappa shape index (κ2) is 7.88. The summed E-state index contributed by atoms with van der Waals surface area (Å²) in [6, 6.07) is 5.80. The lowest BCUT2D eigenvalue weighted by Gasteiger charge is -2.13. The maximum atomic E-state index is 12.8. The molecule has 0 saturated carbocycles. The largest absolute Gasteiger partial charge is 0.489 e. The molecule has 2 aromatic heterocycles. The molecule has 0 saturated heterocycles. The van der Waals surface area contributed by atoms with Gasteiger partial charge in [0.1, 0.15) is 18.1 Å². The maximum absolute atomic E-state index is 12.8. The predicted octanol–water partition coefficient (Wildman–Crippen LogP) is 3.71. The van der Waals surface area contributed by atoms with E-state index in [4.69, 9.17) is 9.26 Å². The number of hydrogen-bond donors (Lipinski definition) is 1. The fourth-order valence-corrected chi connectivity index (χ4v) is 3.30. The standard InChI is InChI=1S/C21H26N4O3/c1-12-7-13(2)9-17(8-12)27-11-19-16(5)28-24-20(19)21(26)22-14(3)18-10-25(6)23-15(18)4/h7-10,14H,11H2,1-6H3,(H,22,26). The summed E-state index contributed by atoms with van der Waals surface area (Å²) < 4.78 is 12.9. The molecule has 0 aliphatic carbocycles. The van der Waals surface area contributed by atoms with E-state index in [1.807, 2.05) is 53.1 Å². The lowest BCUT2D eigenvalue weighted by molar-refractivity contribution is 0.0928. The van der Waals surface area contributed by atoms with Crippen LogP contribution in [-0.4, -0.2) is 20.8 Å². The van der Waals surface area contributed by atoms with Gasteiger partial charge in [0.15, 0.2) is 5.69 Å². The molecule has 1 aromatic carbocycles. The zero-order valence-electron chi connectivity index (χ0n) is 17.2. The van der Waals surface area contributed by atoms with Crippen molar-refractivity contribution in [3.63, 3.8) is 0 Å². The third-order valence-electron chi connectivity index (χ3n) is 4.64. The van der Waals surface area contributed by atoms with Crippen LogP contribution in [0.1, 0.15) is 57.2 Å². The first-order chi connectivity index (χ1) is 13.2. The molecule has 7 nitrogen and oxygen atoms in total. The molecule has 0 spiro atoms. The third-order valence-corrected chi connectivity index (χ3v) is 4.64. The van der Waals surface area contributed by atoms with E-state index < -0.39 is 0 Å². The molecule has 28 heavy (non-hydrogen) atoms. The van der Waals surface area contributed by atoms with Gasteiger partial charge in [-0.05, 0) is 57.9 Å². The normalized spacial score (nSPS) is 12.1. The lowest BCUT2D eigenvalue weighted by atomic mass is 10.1. The van der Waals surface area contributed by atoms with Crippen LogP contribution in [0.5, 0.6) is 5.75 Å². The highest BCUT2D eigenvalue weighted by Crippen LogP contribution is 2.22.